The maximum absolute atomic E-state index is 9.93. The van der Waals surface area contributed by atoms with Crippen LogP contribution < -0.4 is 9.47 Å². The molecule has 17 heavy (non-hydrogen) atoms. The zero-order chi connectivity index (χ0) is 13.0. The summed E-state index contributed by atoms with van der Waals surface area (Å²) < 4.78 is 10.3. The molecule has 0 saturated heterocycles. The first-order valence-corrected chi connectivity index (χ1v) is 5.27. The summed E-state index contributed by atoms with van der Waals surface area (Å²) in [5, 5.41) is 9.93. The van der Waals surface area contributed by atoms with E-state index in [1.54, 1.807) is 26.4 Å². The van der Waals surface area contributed by atoms with E-state index in [-0.39, 0.29) is 5.75 Å². The van der Waals surface area contributed by atoms with Gasteiger partial charge in [-0.15, -0.1) is 0 Å². The Morgan fingerprint density at radius 3 is 2.35 bits per heavy atom. The summed E-state index contributed by atoms with van der Waals surface area (Å²) in [4.78, 5) is 0. The van der Waals surface area contributed by atoms with Gasteiger partial charge in [-0.1, -0.05) is 18.7 Å². The summed E-state index contributed by atoms with van der Waals surface area (Å²) in [7, 11) is 3.10. The highest BCUT2D eigenvalue weighted by Gasteiger charge is 2.13. The van der Waals surface area contributed by atoms with E-state index in [4.69, 9.17) is 9.47 Å². The van der Waals surface area contributed by atoms with Crippen molar-refractivity contribution in [1.29, 1.82) is 0 Å². The third-order valence-electron chi connectivity index (χ3n) is 2.61. The van der Waals surface area contributed by atoms with Crippen LogP contribution in [0, 0.1) is 0 Å². The molecule has 0 aliphatic carbocycles. The van der Waals surface area contributed by atoms with Gasteiger partial charge in [0, 0.05) is 24.1 Å². The molecule has 0 aliphatic heterocycles. The normalized spacial score (nSPS) is 9.82. The van der Waals surface area contributed by atoms with Crippen LogP contribution in [-0.2, 0) is 6.42 Å². The molecule has 0 bridgehead atoms. The third kappa shape index (κ3) is 3.03. The maximum atomic E-state index is 9.93. The lowest BCUT2D eigenvalue weighted by molar-refractivity contribution is 0.380. The Labute approximate surface area is 102 Å². The van der Waals surface area contributed by atoms with Crippen molar-refractivity contribution in [1.82, 2.24) is 0 Å². The van der Waals surface area contributed by atoms with Crippen LogP contribution in [0.1, 0.15) is 12.5 Å². The van der Waals surface area contributed by atoms with E-state index in [0.29, 0.717) is 23.5 Å². The second kappa shape index (κ2) is 5.43. The molecule has 0 radical (unpaired) electrons. The Kier molecular flexibility index (Phi) is 4.21. The molecule has 0 heterocycles. The first-order valence-electron chi connectivity index (χ1n) is 5.27. The molecule has 0 atom stereocenters. The molecule has 0 aliphatic rings. The van der Waals surface area contributed by atoms with Crippen molar-refractivity contribution in [3.05, 3.63) is 42.0 Å². The molecule has 0 fully saturated rings. The van der Waals surface area contributed by atoms with Crippen LogP contribution in [-0.4, -0.2) is 19.3 Å². The number of phenols is 1. The van der Waals surface area contributed by atoms with Crippen LogP contribution in [0.15, 0.2) is 36.4 Å². The summed E-state index contributed by atoms with van der Waals surface area (Å²) in [6.07, 6.45) is 0.508. The summed E-state index contributed by atoms with van der Waals surface area (Å²) in [6, 6.07) is 3.30. The Morgan fingerprint density at radius 2 is 1.88 bits per heavy atom. The zero-order valence-electron chi connectivity index (χ0n) is 10.5. The minimum atomic E-state index is 0.142. The number of hydrogen-bond acceptors (Lipinski definition) is 3. The molecular formula is C14H18O3. The van der Waals surface area contributed by atoms with Gasteiger partial charge >= 0.3 is 0 Å². The van der Waals surface area contributed by atoms with Crippen LogP contribution in [0.3, 0.4) is 0 Å². The average Bonchev–Trinajstić information content (AvgIpc) is 2.30. The fraction of sp³-hybridized carbons (Fsp3) is 0.286. The number of aromatic hydroxyl groups is 1. The number of rotatable bonds is 5. The zero-order valence-corrected chi connectivity index (χ0v) is 10.5. The summed E-state index contributed by atoms with van der Waals surface area (Å²) in [5.41, 5.74) is 2.45. The van der Waals surface area contributed by atoms with Crippen LogP contribution in [0.2, 0.25) is 0 Å². The Bertz CT molecular complexity index is 447. The van der Waals surface area contributed by atoms with Gasteiger partial charge in [-0.3, -0.25) is 0 Å². The second-order valence-electron chi connectivity index (χ2n) is 3.89. The van der Waals surface area contributed by atoms with E-state index >= 15 is 0 Å². The largest absolute Gasteiger partial charge is 0.507 e. The molecule has 1 rings (SSSR count). The van der Waals surface area contributed by atoms with Gasteiger partial charge in [-0.05, 0) is 12.5 Å². The fourth-order valence-electron chi connectivity index (χ4n) is 1.45. The van der Waals surface area contributed by atoms with Gasteiger partial charge in [0.2, 0.25) is 0 Å². The third-order valence-corrected chi connectivity index (χ3v) is 2.61. The van der Waals surface area contributed by atoms with E-state index in [1.165, 1.54) is 0 Å². The van der Waals surface area contributed by atoms with E-state index in [9.17, 15) is 5.11 Å². The van der Waals surface area contributed by atoms with Crippen molar-refractivity contribution in [2.45, 2.75) is 13.3 Å². The van der Waals surface area contributed by atoms with E-state index in [2.05, 4.69) is 13.2 Å². The van der Waals surface area contributed by atoms with Gasteiger partial charge in [0.05, 0.1) is 14.2 Å². The lowest BCUT2D eigenvalue weighted by Crippen LogP contribution is -1.97. The van der Waals surface area contributed by atoms with Crippen molar-refractivity contribution in [2.75, 3.05) is 14.2 Å². The Morgan fingerprint density at radius 1 is 1.24 bits per heavy atom. The quantitative estimate of drug-likeness (QED) is 0.796. The average molecular weight is 234 g/mol. The predicted octanol–water partition coefficient (Wildman–Crippen LogP) is 3.08. The minimum Gasteiger partial charge on any atom is -0.507 e. The highest BCUT2D eigenvalue weighted by molar-refractivity contribution is 5.52. The van der Waals surface area contributed by atoms with Gasteiger partial charge in [0.1, 0.15) is 17.2 Å². The topological polar surface area (TPSA) is 38.7 Å². The van der Waals surface area contributed by atoms with Crippen LogP contribution in [0.25, 0.3) is 0 Å². The highest BCUT2D eigenvalue weighted by atomic mass is 16.5. The molecule has 0 amide bonds. The van der Waals surface area contributed by atoms with Gasteiger partial charge in [0.25, 0.3) is 0 Å². The number of phenolic OH excluding ortho intramolecular Hbond substituents is 1. The molecule has 0 spiro atoms. The number of benzene rings is 1. The van der Waals surface area contributed by atoms with Gasteiger partial charge in [-0.25, -0.2) is 0 Å². The number of allylic oxidation sites excluding steroid dienone is 2. The van der Waals surface area contributed by atoms with Crippen molar-refractivity contribution in [3.63, 3.8) is 0 Å². The van der Waals surface area contributed by atoms with Crippen LogP contribution >= 0.6 is 0 Å². The smallest absolute Gasteiger partial charge is 0.129 e. The predicted molar refractivity (Wildman–Crippen MR) is 68.9 cm³/mol. The molecule has 0 aromatic heterocycles. The molecule has 1 aromatic rings. The molecule has 0 unspecified atom stereocenters. The van der Waals surface area contributed by atoms with Crippen LogP contribution in [0.4, 0.5) is 0 Å². The number of methoxy groups -OCH3 is 2. The first-order chi connectivity index (χ1) is 7.99. The standard InChI is InChI=1S/C14H18O3/c1-9(2)10(3)6-12-13(15)7-11(16-4)8-14(12)17-5/h7-8,15H,1,3,6H2,2,4-5H3. The Hall–Kier alpha value is -1.90. The second-order valence-corrected chi connectivity index (χ2v) is 3.89. The first kappa shape index (κ1) is 13.2. The SMILES string of the molecule is C=C(C)C(=C)Cc1c(O)cc(OC)cc1OC. The molecule has 3 nitrogen and oxygen atoms in total. The monoisotopic (exact) mass is 234 g/mol. The van der Waals surface area contributed by atoms with Crippen molar-refractivity contribution >= 4 is 0 Å². The van der Waals surface area contributed by atoms with Gasteiger partial charge in [-0.2, -0.15) is 0 Å². The molecular weight excluding hydrogens is 216 g/mol. The van der Waals surface area contributed by atoms with Crippen molar-refractivity contribution in [3.8, 4) is 17.2 Å². The number of ether oxygens (including phenoxy) is 2. The highest BCUT2D eigenvalue weighted by Crippen LogP contribution is 2.35. The summed E-state index contributed by atoms with van der Waals surface area (Å²) in [5.74, 6) is 1.29. The van der Waals surface area contributed by atoms with E-state index in [0.717, 1.165) is 11.1 Å². The van der Waals surface area contributed by atoms with E-state index < -0.39 is 0 Å². The van der Waals surface area contributed by atoms with Gasteiger partial charge < -0.3 is 14.6 Å². The number of hydrogen-bond donors (Lipinski definition) is 1. The molecule has 1 N–H and O–H groups in total. The summed E-state index contributed by atoms with van der Waals surface area (Å²) in [6.45, 7) is 9.62. The van der Waals surface area contributed by atoms with Crippen molar-refractivity contribution in [2.24, 2.45) is 0 Å². The molecule has 3 heteroatoms. The molecule has 0 saturated carbocycles. The lowest BCUT2D eigenvalue weighted by Gasteiger charge is -2.13. The fourth-order valence-corrected chi connectivity index (χ4v) is 1.45. The van der Waals surface area contributed by atoms with Gasteiger partial charge in [0.15, 0.2) is 0 Å². The maximum Gasteiger partial charge on any atom is 0.129 e. The van der Waals surface area contributed by atoms with E-state index in [1.807, 2.05) is 6.92 Å². The van der Waals surface area contributed by atoms with Crippen LogP contribution in [0.5, 0.6) is 17.2 Å². The molecule has 92 valence electrons. The van der Waals surface area contributed by atoms with Crippen molar-refractivity contribution < 1.29 is 14.6 Å². The molecule has 1 aromatic carbocycles. The lowest BCUT2D eigenvalue weighted by atomic mass is 10.00. The summed E-state index contributed by atoms with van der Waals surface area (Å²) >= 11 is 0. The minimum absolute atomic E-state index is 0.142. The Balaban J connectivity index is 3.14.